The van der Waals surface area contributed by atoms with Crippen molar-refractivity contribution in [2.75, 3.05) is 4.90 Å². The SMILES string of the molecule is Cc1ccc2c(c1)N(C(=O)c1ccccc1)C(C)(C)CC2(C)c1ccc(F)cc1. The van der Waals surface area contributed by atoms with Gasteiger partial charge in [-0.2, -0.15) is 0 Å². The average Bonchev–Trinajstić information content (AvgIpc) is 2.68. The van der Waals surface area contributed by atoms with E-state index < -0.39 is 5.54 Å². The Hall–Kier alpha value is -2.94. The van der Waals surface area contributed by atoms with Crippen LogP contribution in [0.3, 0.4) is 0 Å². The maximum absolute atomic E-state index is 13.6. The highest BCUT2D eigenvalue weighted by Gasteiger charge is 2.47. The number of anilines is 1. The molecule has 0 saturated heterocycles. The number of nitrogens with zero attached hydrogens (tertiary/aromatic N) is 1. The minimum atomic E-state index is -0.420. The molecule has 3 aromatic rings. The summed E-state index contributed by atoms with van der Waals surface area (Å²) in [5.74, 6) is -0.235. The van der Waals surface area contributed by atoms with Crippen LogP contribution in [0.2, 0.25) is 0 Å². The van der Waals surface area contributed by atoms with Gasteiger partial charge >= 0.3 is 0 Å². The van der Waals surface area contributed by atoms with Gasteiger partial charge in [-0.1, -0.05) is 49.4 Å². The fraction of sp³-hybridized carbons (Fsp3) is 0.269. The lowest BCUT2D eigenvalue weighted by molar-refractivity contribution is 0.0948. The van der Waals surface area contributed by atoms with E-state index in [1.54, 1.807) is 0 Å². The number of carbonyl (C=O) groups excluding carboxylic acids is 1. The Bertz CT molecular complexity index is 1060. The first-order valence-corrected chi connectivity index (χ1v) is 9.99. The maximum Gasteiger partial charge on any atom is 0.258 e. The van der Waals surface area contributed by atoms with Gasteiger partial charge in [-0.25, -0.2) is 4.39 Å². The van der Waals surface area contributed by atoms with Crippen LogP contribution >= 0.6 is 0 Å². The zero-order valence-corrected chi connectivity index (χ0v) is 17.4. The van der Waals surface area contributed by atoms with E-state index in [1.165, 1.54) is 12.1 Å². The van der Waals surface area contributed by atoms with Gasteiger partial charge in [0.15, 0.2) is 0 Å². The second-order valence-electron chi connectivity index (χ2n) is 8.86. The molecular weight excluding hydrogens is 361 g/mol. The summed E-state index contributed by atoms with van der Waals surface area (Å²) >= 11 is 0. The van der Waals surface area contributed by atoms with Crippen LogP contribution < -0.4 is 4.90 Å². The Morgan fingerprint density at radius 1 is 0.931 bits per heavy atom. The van der Waals surface area contributed by atoms with Gasteiger partial charge in [-0.3, -0.25) is 4.79 Å². The highest BCUT2D eigenvalue weighted by Crippen LogP contribution is 2.51. The maximum atomic E-state index is 13.6. The fourth-order valence-corrected chi connectivity index (χ4v) is 4.83. The van der Waals surface area contributed by atoms with Crippen molar-refractivity contribution in [3.8, 4) is 0 Å². The summed E-state index contributed by atoms with van der Waals surface area (Å²) in [5, 5.41) is 0. The minimum Gasteiger partial charge on any atom is -0.302 e. The predicted octanol–water partition coefficient (Wildman–Crippen LogP) is 6.27. The lowest BCUT2D eigenvalue weighted by Gasteiger charge is -2.51. The van der Waals surface area contributed by atoms with Crippen LogP contribution in [0.25, 0.3) is 0 Å². The molecule has 3 heteroatoms. The Morgan fingerprint density at radius 2 is 1.59 bits per heavy atom. The van der Waals surface area contributed by atoms with Crippen molar-refractivity contribution >= 4 is 11.6 Å². The number of aryl methyl sites for hydroxylation is 1. The molecule has 0 radical (unpaired) electrons. The molecule has 0 bridgehead atoms. The van der Waals surface area contributed by atoms with Gasteiger partial charge in [0.1, 0.15) is 5.82 Å². The van der Waals surface area contributed by atoms with Crippen LogP contribution in [0.4, 0.5) is 10.1 Å². The van der Waals surface area contributed by atoms with E-state index in [9.17, 15) is 9.18 Å². The first kappa shape index (κ1) is 19.4. The molecule has 0 N–H and O–H groups in total. The Kier molecular flexibility index (Phi) is 4.57. The molecule has 2 nitrogen and oxygen atoms in total. The van der Waals surface area contributed by atoms with Crippen LogP contribution in [-0.4, -0.2) is 11.4 Å². The van der Waals surface area contributed by atoms with E-state index in [2.05, 4.69) is 39.0 Å². The summed E-state index contributed by atoms with van der Waals surface area (Å²) < 4.78 is 13.6. The topological polar surface area (TPSA) is 20.3 Å². The summed E-state index contributed by atoms with van der Waals surface area (Å²) in [6.45, 7) is 8.46. The van der Waals surface area contributed by atoms with Crippen LogP contribution in [0, 0.1) is 12.7 Å². The lowest BCUT2D eigenvalue weighted by atomic mass is 9.65. The van der Waals surface area contributed by atoms with Crippen molar-refractivity contribution in [3.63, 3.8) is 0 Å². The predicted molar refractivity (Wildman–Crippen MR) is 116 cm³/mol. The summed E-state index contributed by atoms with van der Waals surface area (Å²) in [4.78, 5) is 15.5. The van der Waals surface area contributed by atoms with Gasteiger partial charge < -0.3 is 4.90 Å². The molecule has 148 valence electrons. The van der Waals surface area contributed by atoms with Gasteiger partial charge in [-0.15, -0.1) is 0 Å². The molecule has 0 aliphatic carbocycles. The quantitative estimate of drug-likeness (QED) is 0.507. The van der Waals surface area contributed by atoms with E-state index in [0.717, 1.165) is 28.8 Å². The molecule has 29 heavy (non-hydrogen) atoms. The van der Waals surface area contributed by atoms with Gasteiger partial charge in [0.05, 0.1) is 0 Å². The zero-order valence-electron chi connectivity index (χ0n) is 17.4. The van der Waals surface area contributed by atoms with E-state index in [1.807, 2.05) is 54.3 Å². The van der Waals surface area contributed by atoms with Crippen molar-refractivity contribution in [2.45, 2.75) is 45.1 Å². The van der Waals surface area contributed by atoms with Crippen molar-refractivity contribution < 1.29 is 9.18 Å². The molecule has 1 amide bonds. The molecule has 1 unspecified atom stereocenters. The highest BCUT2D eigenvalue weighted by molar-refractivity contribution is 6.08. The molecule has 0 aromatic heterocycles. The number of carbonyl (C=O) groups is 1. The number of amides is 1. The number of rotatable bonds is 2. The summed E-state index contributed by atoms with van der Waals surface area (Å²) in [6.07, 6.45) is 0.736. The first-order chi connectivity index (χ1) is 13.7. The fourth-order valence-electron chi connectivity index (χ4n) is 4.83. The molecule has 1 aliphatic rings. The standard InChI is InChI=1S/C26H26FNO/c1-18-10-15-22-23(16-18)28(24(29)19-8-6-5-7-9-19)25(2,3)17-26(22,4)20-11-13-21(27)14-12-20/h5-16H,17H2,1-4H3. The molecular formula is C26H26FNO. The lowest BCUT2D eigenvalue weighted by Crippen LogP contribution is -2.55. The smallest absolute Gasteiger partial charge is 0.258 e. The Balaban J connectivity index is 1.92. The molecule has 0 saturated carbocycles. The monoisotopic (exact) mass is 387 g/mol. The number of benzene rings is 3. The molecule has 1 heterocycles. The Morgan fingerprint density at radius 3 is 2.24 bits per heavy atom. The molecule has 0 spiro atoms. The van der Waals surface area contributed by atoms with Crippen LogP contribution in [-0.2, 0) is 5.41 Å². The number of hydrogen-bond donors (Lipinski definition) is 0. The normalized spacial score (nSPS) is 20.2. The molecule has 0 fully saturated rings. The number of fused-ring (bicyclic) bond motifs is 1. The van der Waals surface area contributed by atoms with E-state index in [-0.39, 0.29) is 17.1 Å². The molecule has 4 rings (SSSR count). The van der Waals surface area contributed by atoms with Crippen LogP contribution in [0.15, 0.2) is 72.8 Å². The van der Waals surface area contributed by atoms with Gasteiger partial charge in [0, 0.05) is 22.2 Å². The highest BCUT2D eigenvalue weighted by atomic mass is 19.1. The van der Waals surface area contributed by atoms with Crippen LogP contribution in [0.1, 0.15) is 54.2 Å². The summed E-state index contributed by atoms with van der Waals surface area (Å²) in [7, 11) is 0. The van der Waals surface area contributed by atoms with E-state index in [4.69, 9.17) is 0 Å². The second kappa shape index (κ2) is 6.84. The largest absolute Gasteiger partial charge is 0.302 e. The molecule has 1 atom stereocenters. The third-order valence-electron chi connectivity index (χ3n) is 6.09. The van der Waals surface area contributed by atoms with Crippen molar-refractivity contribution in [3.05, 3.63) is 101 Å². The third kappa shape index (κ3) is 3.25. The second-order valence-corrected chi connectivity index (χ2v) is 8.86. The number of hydrogen-bond acceptors (Lipinski definition) is 1. The number of halogens is 1. The summed E-state index contributed by atoms with van der Waals surface area (Å²) in [5.41, 5.74) is 4.13. The van der Waals surface area contributed by atoms with E-state index in [0.29, 0.717) is 5.56 Å². The minimum absolute atomic E-state index is 0.00334. The Labute approximate surface area is 172 Å². The van der Waals surface area contributed by atoms with Crippen LogP contribution in [0.5, 0.6) is 0 Å². The molecule has 1 aliphatic heterocycles. The zero-order chi connectivity index (χ0) is 20.8. The van der Waals surface area contributed by atoms with Gasteiger partial charge in [0.25, 0.3) is 5.91 Å². The average molecular weight is 387 g/mol. The van der Waals surface area contributed by atoms with Gasteiger partial charge in [0.2, 0.25) is 0 Å². The van der Waals surface area contributed by atoms with Crippen molar-refractivity contribution in [2.24, 2.45) is 0 Å². The first-order valence-electron chi connectivity index (χ1n) is 9.99. The van der Waals surface area contributed by atoms with Crippen molar-refractivity contribution in [1.29, 1.82) is 0 Å². The van der Waals surface area contributed by atoms with Gasteiger partial charge in [-0.05, 0) is 74.2 Å². The van der Waals surface area contributed by atoms with Crippen molar-refractivity contribution in [1.82, 2.24) is 0 Å². The molecule has 3 aromatic carbocycles. The van der Waals surface area contributed by atoms with E-state index >= 15 is 0 Å². The summed E-state index contributed by atoms with van der Waals surface area (Å²) in [6, 6.07) is 22.5. The third-order valence-corrected chi connectivity index (χ3v) is 6.09.